The van der Waals surface area contributed by atoms with Gasteiger partial charge in [0.2, 0.25) is 5.89 Å². The molecule has 1 saturated heterocycles. The third-order valence-electron chi connectivity index (χ3n) is 3.39. The molecule has 0 aromatic carbocycles. The molecule has 0 radical (unpaired) electrons. The molecule has 1 aliphatic heterocycles. The molecule has 1 fully saturated rings. The molecule has 0 aliphatic carbocycles. The number of nitrogens with zero attached hydrogens (tertiary/aromatic N) is 3. The quantitative estimate of drug-likeness (QED) is 0.922. The number of piperidine rings is 1. The topological polar surface area (TPSA) is 54.2 Å². The summed E-state index contributed by atoms with van der Waals surface area (Å²) in [5.41, 5.74) is -0.0688. The monoisotopic (exact) mass is 288 g/mol. The fraction of sp³-hybridized carbons (Fsp3) is 0.846. The second-order valence-corrected chi connectivity index (χ2v) is 6.13. The SMILES string of the molecule is CNC1CCCN(Cc2noc(C(C)(C)C)n2)C1.Cl. The molecule has 1 aliphatic rings. The van der Waals surface area contributed by atoms with E-state index >= 15 is 0 Å². The summed E-state index contributed by atoms with van der Waals surface area (Å²) in [5.74, 6) is 1.52. The van der Waals surface area contributed by atoms with E-state index in [1.807, 2.05) is 7.05 Å². The average Bonchev–Trinajstić information content (AvgIpc) is 2.77. The molecule has 1 aromatic rings. The smallest absolute Gasteiger partial charge is 0.232 e. The molecule has 0 amide bonds. The lowest BCUT2D eigenvalue weighted by atomic mass is 9.97. The number of likely N-dealkylation sites (N-methyl/N-ethyl adjacent to an activating group) is 1. The zero-order chi connectivity index (χ0) is 13.2. The van der Waals surface area contributed by atoms with Crippen LogP contribution in [0.3, 0.4) is 0 Å². The van der Waals surface area contributed by atoms with Crippen molar-refractivity contribution >= 4 is 12.4 Å². The van der Waals surface area contributed by atoms with E-state index in [1.54, 1.807) is 0 Å². The van der Waals surface area contributed by atoms with Gasteiger partial charge in [0.05, 0.1) is 6.54 Å². The maximum Gasteiger partial charge on any atom is 0.232 e. The molecule has 1 N–H and O–H groups in total. The van der Waals surface area contributed by atoms with Gasteiger partial charge in [0.15, 0.2) is 5.82 Å². The maximum atomic E-state index is 5.32. The Morgan fingerprint density at radius 3 is 2.74 bits per heavy atom. The van der Waals surface area contributed by atoms with Crippen molar-refractivity contribution in [3.8, 4) is 0 Å². The first kappa shape index (κ1) is 16.4. The van der Waals surface area contributed by atoms with Crippen LogP contribution in [0.2, 0.25) is 0 Å². The second kappa shape index (κ2) is 6.68. The Labute approximate surface area is 121 Å². The minimum atomic E-state index is -0.0688. The van der Waals surface area contributed by atoms with Gasteiger partial charge in [-0.1, -0.05) is 25.9 Å². The van der Waals surface area contributed by atoms with E-state index in [2.05, 4.69) is 41.1 Å². The summed E-state index contributed by atoms with van der Waals surface area (Å²) < 4.78 is 5.32. The standard InChI is InChI=1S/C13H24N4O.ClH/c1-13(2,3)12-15-11(16-18-12)9-17-7-5-6-10(8-17)14-4;/h10,14H,5-9H2,1-4H3;1H. The van der Waals surface area contributed by atoms with Crippen molar-refractivity contribution in [1.29, 1.82) is 0 Å². The van der Waals surface area contributed by atoms with Gasteiger partial charge in [-0.2, -0.15) is 4.98 Å². The van der Waals surface area contributed by atoms with E-state index in [4.69, 9.17) is 4.52 Å². The van der Waals surface area contributed by atoms with Crippen molar-refractivity contribution in [3.63, 3.8) is 0 Å². The number of rotatable bonds is 3. The first-order valence-corrected chi connectivity index (χ1v) is 6.71. The number of hydrogen-bond acceptors (Lipinski definition) is 5. The molecule has 2 heterocycles. The first-order valence-electron chi connectivity index (χ1n) is 6.71. The maximum absolute atomic E-state index is 5.32. The Morgan fingerprint density at radius 2 is 2.16 bits per heavy atom. The summed E-state index contributed by atoms with van der Waals surface area (Å²) in [5, 5.41) is 7.42. The second-order valence-electron chi connectivity index (χ2n) is 6.13. The lowest BCUT2D eigenvalue weighted by molar-refractivity contribution is 0.182. The van der Waals surface area contributed by atoms with Crippen LogP contribution in [-0.2, 0) is 12.0 Å². The highest BCUT2D eigenvalue weighted by molar-refractivity contribution is 5.85. The van der Waals surface area contributed by atoms with Gasteiger partial charge in [0.1, 0.15) is 0 Å². The Balaban J connectivity index is 0.00000180. The molecule has 0 saturated carbocycles. The van der Waals surface area contributed by atoms with Crippen LogP contribution in [0.1, 0.15) is 45.3 Å². The van der Waals surface area contributed by atoms with Gasteiger partial charge in [0.25, 0.3) is 0 Å². The van der Waals surface area contributed by atoms with E-state index in [0.29, 0.717) is 6.04 Å². The Morgan fingerprint density at radius 1 is 1.42 bits per heavy atom. The van der Waals surface area contributed by atoms with Gasteiger partial charge in [0, 0.05) is 18.0 Å². The summed E-state index contributed by atoms with van der Waals surface area (Å²) in [7, 11) is 2.03. The molecule has 0 spiro atoms. The lowest BCUT2D eigenvalue weighted by Gasteiger charge is -2.31. The van der Waals surface area contributed by atoms with Crippen LogP contribution < -0.4 is 5.32 Å². The number of halogens is 1. The van der Waals surface area contributed by atoms with Gasteiger partial charge < -0.3 is 9.84 Å². The predicted molar refractivity (Wildman–Crippen MR) is 77.6 cm³/mol. The number of aromatic nitrogens is 2. The van der Waals surface area contributed by atoms with Crippen molar-refractivity contribution in [1.82, 2.24) is 20.4 Å². The fourth-order valence-corrected chi connectivity index (χ4v) is 2.26. The van der Waals surface area contributed by atoms with Crippen LogP contribution in [0.15, 0.2) is 4.52 Å². The summed E-state index contributed by atoms with van der Waals surface area (Å²) in [4.78, 5) is 6.88. The van der Waals surface area contributed by atoms with Gasteiger partial charge in [-0.05, 0) is 26.4 Å². The third kappa shape index (κ3) is 4.44. The number of likely N-dealkylation sites (tertiary alicyclic amines) is 1. The molecule has 1 unspecified atom stereocenters. The molecule has 5 nitrogen and oxygen atoms in total. The van der Waals surface area contributed by atoms with Crippen molar-refractivity contribution in [2.45, 2.75) is 51.6 Å². The Kier molecular flexibility index (Phi) is 5.77. The molecular formula is C13H25ClN4O. The van der Waals surface area contributed by atoms with Crippen LogP contribution >= 0.6 is 12.4 Å². The zero-order valence-corrected chi connectivity index (χ0v) is 13.1. The summed E-state index contributed by atoms with van der Waals surface area (Å²) in [6, 6.07) is 0.590. The first-order chi connectivity index (χ1) is 8.49. The number of hydrogen-bond donors (Lipinski definition) is 1. The van der Waals surface area contributed by atoms with Crippen LogP contribution in [0.25, 0.3) is 0 Å². The minimum absolute atomic E-state index is 0. The molecule has 0 bridgehead atoms. The van der Waals surface area contributed by atoms with Crippen LogP contribution in [0.4, 0.5) is 0 Å². The molecule has 1 aromatic heterocycles. The van der Waals surface area contributed by atoms with Crippen molar-refractivity contribution < 1.29 is 4.52 Å². The van der Waals surface area contributed by atoms with Crippen LogP contribution in [0, 0.1) is 0 Å². The van der Waals surface area contributed by atoms with Crippen LogP contribution in [-0.4, -0.2) is 41.2 Å². The zero-order valence-electron chi connectivity index (χ0n) is 12.3. The normalized spacial score (nSPS) is 21.2. The molecule has 19 heavy (non-hydrogen) atoms. The van der Waals surface area contributed by atoms with Crippen molar-refractivity contribution in [2.24, 2.45) is 0 Å². The Hall–Kier alpha value is -0.650. The highest BCUT2D eigenvalue weighted by Crippen LogP contribution is 2.20. The van der Waals surface area contributed by atoms with E-state index in [0.717, 1.165) is 31.3 Å². The predicted octanol–water partition coefficient (Wildman–Crippen LogP) is 1.97. The highest BCUT2D eigenvalue weighted by Gasteiger charge is 2.24. The third-order valence-corrected chi connectivity index (χ3v) is 3.39. The summed E-state index contributed by atoms with van der Waals surface area (Å²) >= 11 is 0. The summed E-state index contributed by atoms with van der Waals surface area (Å²) in [6.07, 6.45) is 2.49. The average molecular weight is 289 g/mol. The van der Waals surface area contributed by atoms with E-state index in [9.17, 15) is 0 Å². The Bertz CT molecular complexity index is 388. The largest absolute Gasteiger partial charge is 0.339 e. The van der Waals surface area contributed by atoms with Gasteiger partial charge in [-0.3, -0.25) is 4.90 Å². The molecule has 1 atom stereocenters. The summed E-state index contributed by atoms with van der Waals surface area (Å²) in [6.45, 7) is 9.23. The van der Waals surface area contributed by atoms with E-state index in [1.165, 1.54) is 12.8 Å². The highest BCUT2D eigenvalue weighted by atomic mass is 35.5. The molecule has 6 heteroatoms. The van der Waals surface area contributed by atoms with Crippen molar-refractivity contribution in [3.05, 3.63) is 11.7 Å². The van der Waals surface area contributed by atoms with E-state index < -0.39 is 0 Å². The molecular weight excluding hydrogens is 264 g/mol. The van der Waals surface area contributed by atoms with Crippen molar-refractivity contribution in [2.75, 3.05) is 20.1 Å². The molecule has 2 rings (SSSR count). The number of nitrogens with one attached hydrogen (secondary N) is 1. The molecule has 110 valence electrons. The minimum Gasteiger partial charge on any atom is -0.339 e. The van der Waals surface area contributed by atoms with Gasteiger partial charge >= 0.3 is 0 Å². The fourth-order valence-electron chi connectivity index (χ4n) is 2.26. The lowest BCUT2D eigenvalue weighted by Crippen LogP contribution is -2.44. The van der Waals surface area contributed by atoms with Crippen LogP contribution in [0.5, 0.6) is 0 Å². The van der Waals surface area contributed by atoms with Gasteiger partial charge in [-0.15, -0.1) is 12.4 Å². The van der Waals surface area contributed by atoms with Gasteiger partial charge in [-0.25, -0.2) is 0 Å². The van der Waals surface area contributed by atoms with E-state index in [-0.39, 0.29) is 17.8 Å².